The number of rotatable bonds is 5. The van der Waals surface area contributed by atoms with E-state index in [9.17, 15) is 0 Å². The molecule has 23 heavy (non-hydrogen) atoms. The number of nitrogens with one attached hydrogen (secondary N) is 1. The van der Waals surface area contributed by atoms with Crippen LogP contribution in [0, 0.1) is 5.92 Å². The average Bonchev–Trinajstić information content (AvgIpc) is 2.59. The maximum atomic E-state index is 3.30. The minimum Gasteiger partial charge on any atom is -0.388 e. The Kier molecular flexibility index (Phi) is 5.05. The van der Waals surface area contributed by atoms with E-state index < -0.39 is 0 Å². The predicted octanol–water partition coefficient (Wildman–Crippen LogP) is 5.59. The topological polar surface area (TPSA) is 12.0 Å². The van der Waals surface area contributed by atoms with Crippen molar-refractivity contribution in [2.45, 2.75) is 51.9 Å². The molecule has 1 unspecified atom stereocenters. The van der Waals surface area contributed by atoms with Crippen molar-refractivity contribution in [1.29, 1.82) is 0 Å². The van der Waals surface area contributed by atoms with Gasteiger partial charge in [0.1, 0.15) is 0 Å². The SMILES string of the molecule is CCCc1ccc(NC)cc1C[C@H]1c2ccccc2CCC1C. The van der Waals surface area contributed by atoms with E-state index in [0.29, 0.717) is 5.92 Å². The number of hydrogen-bond acceptors (Lipinski definition) is 1. The lowest BCUT2D eigenvalue weighted by Gasteiger charge is -2.32. The molecule has 1 heteroatoms. The first-order chi connectivity index (χ1) is 11.2. The molecular formula is C22H29N. The Morgan fingerprint density at radius 2 is 1.91 bits per heavy atom. The third-order valence-electron chi connectivity index (χ3n) is 5.46. The summed E-state index contributed by atoms with van der Waals surface area (Å²) in [7, 11) is 2.01. The Balaban J connectivity index is 1.94. The monoisotopic (exact) mass is 307 g/mol. The molecule has 1 aliphatic carbocycles. The molecule has 0 aromatic heterocycles. The number of aryl methyl sites for hydroxylation is 2. The molecule has 0 fully saturated rings. The maximum Gasteiger partial charge on any atom is 0.0340 e. The number of benzene rings is 2. The van der Waals surface area contributed by atoms with Gasteiger partial charge < -0.3 is 5.32 Å². The fourth-order valence-electron chi connectivity index (χ4n) is 4.05. The standard InChI is InChI=1S/C22H29N/c1-4-7-17-12-13-20(23-3)14-19(17)15-22-16(2)10-11-18-8-5-6-9-21(18)22/h5-6,8-9,12-14,16,22-23H,4,7,10-11,15H2,1-3H3/t16?,22-/m1/s1. The van der Waals surface area contributed by atoms with E-state index in [2.05, 4.69) is 61.6 Å². The van der Waals surface area contributed by atoms with Crippen molar-refractivity contribution < 1.29 is 0 Å². The number of anilines is 1. The normalized spacial score (nSPS) is 20.1. The van der Waals surface area contributed by atoms with Crippen LogP contribution in [0.25, 0.3) is 0 Å². The summed E-state index contributed by atoms with van der Waals surface area (Å²) >= 11 is 0. The molecule has 122 valence electrons. The summed E-state index contributed by atoms with van der Waals surface area (Å²) < 4.78 is 0. The van der Waals surface area contributed by atoms with Gasteiger partial charge in [-0.15, -0.1) is 0 Å². The Morgan fingerprint density at radius 1 is 1.09 bits per heavy atom. The van der Waals surface area contributed by atoms with Crippen molar-refractivity contribution in [3.8, 4) is 0 Å². The lowest BCUT2D eigenvalue weighted by molar-refractivity contribution is 0.400. The highest BCUT2D eigenvalue weighted by Gasteiger charge is 2.27. The average molecular weight is 307 g/mol. The van der Waals surface area contributed by atoms with Gasteiger partial charge in [0.15, 0.2) is 0 Å². The van der Waals surface area contributed by atoms with Gasteiger partial charge in [0.05, 0.1) is 0 Å². The van der Waals surface area contributed by atoms with E-state index in [1.165, 1.54) is 48.9 Å². The predicted molar refractivity (Wildman–Crippen MR) is 100 cm³/mol. The van der Waals surface area contributed by atoms with Crippen molar-refractivity contribution in [2.75, 3.05) is 12.4 Å². The van der Waals surface area contributed by atoms with Gasteiger partial charge >= 0.3 is 0 Å². The zero-order valence-corrected chi connectivity index (χ0v) is 14.7. The summed E-state index contributed by atoms with van der Waals surface area (Å²) in [6, 6.07) is 16.0. The zero-order chi connectivity index (χ0) is 16.2. The van der Waals surface area contributed by atoms with Crippen LogP contribution in [0.5, 0.6) is 0 Å². The molecule has 0 bridgehead atoms. The molecule has 0 heterocycles. The smallest absolute Gasteiger partial charge is 0.0340 e. The first-order valence-electron chi connectivity index (χ1n) is 9.10. The first-order valence-corrected chi connectivity index (χ1v) is 9.10. The van der Waals surface area contributed by atoms with Crippen LogP contribution < -0.4 is 5.32 Å². The highest BCUT2D eigenvalue weighted by Crippen LogP contribution is 2.39. The summed E-state index contributed by atoms with van der Waals surface area (Å²) in [6.45, 7) is 4.70. The third-order valence-corrected chi connectivity index (χ3v) is 5.46. The molecule has 0 saturated carbocycles. The molecule has 2 aromatic rings. The minimum absolute atomic E-state index is 0.655. The quantitative estimate of drug-likeness (QED) is 0.759. The second kappa shape index (κ2) is 7.21. The second-order valence-electron chi connectivity index (χ2n) is 7.01. The highest BCUT2D eigenvalue weighted by molar-refractivity contribution is 5.49. The Hall–Kier alpha value is -1.76. The van der Waals surface area contributed by atoms with Crippen LogP contribution in [-0.2, 0) is 19.3 Å². The molecule has 0 saturated heterocycles. The van der Waals surface area contributed by atoms with Gasteiger partial charge in [-0.2, -0.15) is 0 Å². The Morgan fingerprint density at radius 3 is 2.70 bits per heavy atom. The van der Waals surface area contributed by atoms with Crippen LogP contribution in [-0.4, -0.2) is 7.05 Å². The molecule has 0 radical (unpaired) electrons. The maximum absolute atomic E-state index is 3.30. The minimum atomic E-state index is 0.655. The summed E-state index contributed by atoms with van der Waals surface area (Å²) in [5.41, 5.74) is 7.45. The van der Waals surface area contributed by atoms with Gasteiger partial charge in [-0.25, -0.2) is 0 Å². The fourth-order valence-corrected chi connectivity index (χ4v) is 4.05. The van der Waals surface area contributed by atoms with Crippen LogP contribution in [0.3, 0.4) is 0 Å². The molecule has 1 nitrogen and oxygen atoms in total. The largest absolute Gasteiger partial charge is 0.388 e. The molecule has 0 spiro atoms. The van der Waals surface area contributed by atoms with Crippen LogP contribution in [0.2, 0.25) is 0 Å². The fraction of sp³-hybridized carbons (Fsp3) is 0.455. The van der Waals surface area contributed by atoms with E-state index in [-0.39, 0.29) is 0 Å². The van der Waals surface area contributed by atoms with Gasteiger partial charge in [0.2, 0.25) is 0 Å². The number of fused-ring (bicyclic) bond motifs is 1. The Bertz CT molecular complexity index is 659. The summed E-state index contributed by atoms with van der Waals surface area (Å²) in [4.78, 5) is 0. The molecule has 0 aliphatic heterocycles. The molecule has 2 aromatic carbocycles. The third kappa shape index (κ3) is 3.44. The summed E-state index contributed by atoms with van der Waals surface area (Å²) in [6.07, 6.45) is 6.12. The van der Waals surface area contributed by atoms with E-state index in [4.69, 9.17) is 0 Å². The van der Waals surface area contributed by atoms with Crippen molar-refractivity contribution in [3.63, 3.8) is 0 Å². The van der Waals surface area contributed by atoms with Crippen molar-refractivity contribution in [1.82, 2.24) is 0 Å². The van der Waals surface area contributed by atoms with Gasteiger partial charge in [-0.3, -0.25) is 0 Å². The van der Waals surface area contributed by atoms with E-state index in [0.717, 1.165) is 5.92 Å². The second-order valence-corrected chi connectivity index (χ2v) is 7.01. The van der Waals surface area contributed by atoms with Gasteiger partial charge in [0.25, 0.3) is 0 Å². The highest BCUT2D eigenvalue weighted by atomic mass is 14.8. The molecule has 3 rings (SSSR count). The first kappa shape index (κ1) is 16.1. The van der Waals surface area contributed by atoms with Gasteiger partial charge in [-0.05, 0) is 71.9 Å². The Labute approximate surface area is 141 Å². The number of hydrogen-bond donors (Lipinski definition) is 1. The summed E-state index contributed by atoms with van der Waals surface area (Å²) in [5, 5.41) is 3.30. The molecule has 2 atom stereocenters. The van der Waals surface area contributed by atoms with E-state index in [1.807, 2.05) is 7.05 Å². The van der Waals surface area contributed by atoms with Crippen molar-refractivity contribution in [3.05, 3.63) is 64.7 Å². The van der Waals surface area contributed by atoms with Crippen LogP contribution >= 0.6 is 0 Å². The lowest BCUT2D eigenvalue weighted by atomic mass is 9.73. The van der Waals surface area contributed by atoms with E-state index in [1.54, 1.807) is 11.1 Å². The molecular weight excluding hydrogens is 278 g/mol. The van der Waals surface area contributed by atoms with E-state index >= 15 is 0 Å². The lowest BCUT2D eigenvalue weighted by Crippen LogP contribution is -2.21. The van der Waals surface area contributed by atoms with Gasteiger partial charge in [0, 0.05) is 12.7 Å². The van der Waals surface area contributed by atoms with Gasteiger partial charge in [-0.1, -0.05) is 50.6 Å². The van der Waals surface area contributed by atoms with Crippen molar-refractivity contribution in [2.24, 2.45) is 5.92 Å². The summed E-state index contributed by atoms with van der Waals surface area (Å²) in [5.74, 6) is 1.42. The molecule has 0 amide bonds. The van der Waals surface area contributed by atoms with Crippen molar-refractivity contribution >= 4 is 5.69 Å². The van der Waals surface area contributed by atoms with Crippen LogP contribution in [0.1, 0.15) is 54.9 Å². The van der Waals surface area contributed by atoms with Crippen LogP contribution in [0.4, 0.5) is 5.69 Å². The molecule has 1 aliphatic rings. The molecule has 1 N–H and O–H groups in total. The zero-order valence-electron chi connectivity index (χ0n) is 14.7. The van der Waals surface area contributed by atoms with Crippen LogP contribution in [0.15, 0.2) is 42.5 Å².